The number of nitrogens with zero attached hydrogens (tertiary/aromatic N) is 1. The zero-order chi connectivity index (χ0) is 11.5. The number of rotatable bonds is 3. The van der Waals surface area contributed by atoms with E-state index in [9.17, 15) is 0 Å². The Balaban J connectivity index is 1.93. The van der Waals surface area contributed by atoms with Crippen LogP contribution in [0.25, 0.3) is 0 Å². The van der Waals surface area contributed by atoms with Gasteiger partial charge in [-0.25, -0.2) is 4.98 Å². The first-order valence-corrected chi connectivity index (χ1v) is 7.17. The van der Waals surface area contributed by atoms with Crippen molar-refractivity contribution in [3.05, 3.63) is 15.6 Å². The van der Waals surface area contributed by atoms with E-state index >= 15 is 0 Å². The van der Waals surface area contributed by atoms with Crippen molar-refractivity contribution < 1.29 is 0 Å². The maximum atomic E-state index is 6.31. The maximum absolute atomic E-state index is 6.31. The lowest BCUT2D eigenvalue weighted by Gasteiger charge is -2.26. The smallest absolute Gasteiger partial charge is 0.0946 e. The van der Waals surface area contributed by atoms with Crippen molar-refractivity contribution in [2.75, 3.05) is 0 Å². The fourth-order valence-electron chi connectivity index (χ4n) is 2.56. The lowest BCUT2D eigenvalue weighted by molar-refractivity contribution is 0.303. The van der Waals surface area contributed by atoms with Crippen LogP contribution in [0, 0.1) is 19.8 Å². The van der Waals surface area contributed by atoms with E-state index in [0.717, 1.165) is 12.3 Å². The second kappa shape index (κ2) is 5.28. The Morgan fingerprint density at radius 3 is 2.56 bits per heavy atom. The van der Waals surface area contributed by atoms with E-state index < -0.39 is 0 Å². The second-order valence-electron chi connectivity index (χ2n) is 5.02. The van der Waals surface area contributed by atoms with E-state index in [-0.39, 0.29) is 0 Å². The fourth-order valence-corrected chi connectivity index (χ4v) is 3.56. The summed E-state index contributed by atoms with van der Waals surface area (Å²) in [4.78, 5) is 5.92. The maximum Gasteiger partial charge on any atom is 0.0946 e. The van der Waals surface area contributed by atoms with Crippen LogP contribution in [-0.4, -0.2) is 11.0 Å². The van der Waals surface area contributed by atoms with Gasteiger partial charge in [0, 0.05) is 17.3 Å². The Morgan fingerprint density at radius 2 is 2.00 bits per heavy atom. The van der Waals surface area contributed by atoms with Gasteiger partial charge in [0.05, 0.1) is 10.7 Å². The van der Waals surface area contributed by atoms with Crippen molar-refractivity contribution in [3.8, 4) is 0 Å². The Kier molecular flexibility index (Phi) is 3.98. The number of aromatic nitrogens is 1. The normalized spacial score (nSPS) is 19.9. The molecule has 90 valence electrons. The minimum atomic E-state index is 0.324. The fraction of sp³-hybridized carbons (Fsp3) is 0.769. The molecule has 1 aliphatic rings. The van der Waals surface area contributed by atoms with Gasteiger partial charge in [0.1, 0.15) is 0 Å². The van der Waals surface area contributed by atoms with Gasteiger partial charge in [-0.15, -0.1) is 11.3 Å². The summed E-state index contributed by atoms with van der Waals surface area (Å²) in [7, 11) is 0. The molecule has 0 bridgehead atoms. The molecule has 1 aromatic heterocycles. The summed E-state index contributed by atoms with van der Waals surface area (Å²) in [5.74, 6) is 0.735. The predicted molar refractivity (Wildman–Crippen MR) is 69.8 cm³/mol. The molecule has 16 heavy (non-hydrogen) atoms. The highest BCUT2D eigenvalue weighted by Gasteiger charge is 2.21. The molecule has 1 atom stereocenters. The first-order valence-electron chi connectivity index (χ1n) is 6.35. The van der Waals surface area contributed by atoms with Crippen LogP contribution in [0.4, 0.5) is 0 Å². The highest BCUT2D eigenvalue weighted by atomic mass is 32.1. The summed E-state index contributed by atoms with van der Waals surface area (Å²) in [6.07, 6.45) is 7.76. The number of hydrogen-bond donors (Lipinski definition) is 1. The third-order valence-corrected chi connectivity index (χ3v) is 4.83. The van der Waals surface area contributed by atoms with Crippen LogP contribution < -0.4 is 5.73 Å². The Labute approximate surface area is 102 Å². The SMILES string of the molecule is Cc1nc(CC(N)C2CCCCC2)sc1C. The van der Waals surface area contributed by atoms with Crippen molar-refractivity contribution in [2.24, 2.45) is 11.7 Å². The van der Waals surface area contributed by atoms with Gasteiger partial charge in [-0.1, -0.05) is 19.3 Å². The molecule has 1 fully saturated rings. The zero-order valence-corrected chi connectivity index (χ0v) is 11.1. The summed E-state index contributed by atoms with van der Waals surface area (Å²) < 4.78 is 0. The lowest BCUT2D eigenvalue weighted by atomic mass is 9.83. The standard InChI is InChI=1S/C13H22N2S/c1-9-10(2)16-13(15-9)8-12(14)11-6-4-3-5-7-11/h11-12H,3-8,14H2,1-2H3. The summed E-state index contributed by atoms with van der Waals surface area (Å²) >= 11 is 1.82. The van der Waals surface area contributed by atoms with Crippen molar-refractivity contribution in [1.29, 1.82) is 0 Å². The van der Waals surface area contributed by atoms with Gasteiger partial charge in [-0.2, -0.15) is 0 Å². The van der Waals surface area contributed by atoms with Gasteiger partial charge < -0.3 is 5.73 Å². The van der Waals surface area contributed by atoms with Crippen LogP contribution in [-0.2, 0) is 6.42 Å². The zero-order valence-electron chi connectivity index (χ0n) is 10.3. The van der Waals surface area contributed by atoms with Crippen LogP contribution >= 0.6 is 11.3 Å². The highest BCUT2D eigenvalue weighted by Crippen LogP contribution is 2.28. The monoisotopic (exact) mass is 238 g/mol. The van der Waals surface area contributed by atoms with Gasteiger partial charge in [0.2, 0.25) is 0 Å². The highest BCUT2D eigenvalue weighted by molar-refractivity contribution is 7.11. The molecule has 2 nitrogen and oxygen atoms in total. The first-order chi connectivity index (χ1) is 7.66. The minimum absolute atomic E-state index is 0.324. The molecule has 2 rings (SSSR count). The Morgan fingerprint density at radius 1 is 1.31 bits per heavy atom. The summed E-state index contributed by atoms with van der Waals surface area (Å²) in [5, 5.41) is 1.23. The molecule has 0 aliphatic heterocycles. The van der Waals surface area contributed by atoms with Crippen molar-refractivity contribution in [2.45, 2.75) is 58.4 Å². The molecule has 1 aliphatic carbocycles. The van der Waals surface area contributed by atoms with E-state index in [1.807, 2.05) is 11.3 Å². The third kappa shape index (κ3) is 2.83. The minimum Gasteiger partial charge on any atom is -0.327 e. The second-order valence-corrected chi connectivity index (χ2v) is 6.30. The van der Waals surface area contributed by atoms with Crippen molar-refractivity contribution in [1.82, 2.24) is 4.98 Å². The molecule has 1 saturated carbocycles. The average Bonchev–Trinajstić information content (AvgIpc) is 2.59. The van der Waals surface area contributed by atoms with E-state index in [1.165, 1.54) is 47.7 Å². The predicted octanol–water partition coefficient (Wildman–Crippen LogP) is 3.21. The molecule has 1 heterocycles. The summed E-state index contributed by atoms with van der Waals surface area (Å²) in [5.41, 5.74) is 7.48. The quantitative estimate of drug-likeness (QED) is 0.878. The summed E-state index contributed by atoms with van der Waals surface area (Å²) in [6, 6.07) is 0.324. The van der Waals surface area contributed by atoms with Gasteiger partial charge >= 0.3 is 0 Å². The van der Waals surface area contributed by atoms with E-state index in [1.54, 1.807) is 0 Å². The largest absolute Gasteiger partial charge is 0.327 e. The van der Waals surface area contributed by atoms with Crippen molar-refractivity contribution in [3.63, 3.8) is 0 Å². The number of hydrogen-bond acceptors (Lipinski definition) is 3. The van der Waals surface area contributed by atoms with Crippen LogP contribution in [0.2, 0.25) is 0 Å². The lowest BCUT2D eigenvalue weighted by Crippen LogP contribution is -2.33. The average molecular weight is 238 g/mol. The Bertz CT molecular complexity index is 320. The molecule has 0 aromatic carbocycles. The molecule has 0 saturated heterocycles. The topological polar surface area (TPSA) is 38.9 Å². The molecule has 3 heteroatoms. The molecule has 0 radical (unpaired) electrons. The van der Waals surface area contributed by atoms with E-state index in [2.05, 4.69) is 18.8 Å². The number of nitrogens with two attached hydrogens (primary N) is 1. The molecule has 1 unspecified atom stereocenters. The number of aryl methyl sites for hydroxylation is 2. The third-order valence-electron chi connectivity index (χ3n) is 3.74. The molecular weight excluding hydrogens is 216 g/mol. The van der Waals surface area contributed by atoms with Gasteiger partial charge in [0.15, 0.2) is 0 Å². The van der Waals surface area contributed by atoms with Gasteiger partial charge in [-0.3, -0.25) is 0 Å². The molecule has 2 N–H and O–H groups in total. The van der Waals surface area contributed by atoms with Crippen molar-refractivity contribution >= 4 is 11.3 Å². The molecule has 0 spiro atoms. The molecule has 0 amide bonds. The van der Waals surface area contributed by atoms with Crippen LogP contribution in [0.1, 0.15) is 47.7 Å². The molecular formula is C13H22N2S. The van der Waals surface area contributed by atoms with E-state index in [0.29, 0.717) is 6.04 Å². The first kappa shape index (κ1) is 12.1. The van der Waals surface area contributed by atoms with E-state index in [4.69, 9.17) is 5.73 Å². The van der Waals surface area contributed by atoms with Crippen LogP contribution in [0.5, 0.6) is 0 Å². The Hall–Kier alpha value is -0.410. The number of thiazole rings is 1. The van der Waals surface area contributed by atoms with Crippen LogP contribution in [0.3, 0.4) is 0 Å². The molecule has 1 aromatic rings. The summed E-state index contributed by atoms with van der Waals surface area (Å²) in [6.45, 7) is 4.23. The van der Waals surface area contributed by atoms with Crippen LogP contribution in [0.15, 0.2) is 0 Å². The van der Waals surface area contributed by atoms with Gasteiger partial charge in [0.25, 0.3) is 0 Å². The van der Waals surface area contributed by atoms with Gasteiger partial charge in [-0.05, 0) is 32.6 Å².